The van der Waals surface area contributed by atoms with Crippen molar-refractivity contribution in [2.75, 3.05) is 0 Å². The van der Waals surface area contributed by atoms with E-state index >= 15 is 0 Å². The van der Waals surface area contributed by atoms with Gasteiger partial charge in [0.15, 0.2) is 17.6 Å². The molecule has 0 unspecified atom stereocenters. The van der Waals surface area contributed by atoms with E-state index in [0.29, 0.717) is 22.9 Å². The van der Waals surface area contributed by atoms with Crippen LogP contribution in [0.15, 0.2) is 47.6 Å². The van der Waals surface area contributed by atoms with E-state index in [9.17, 15) is 9.90 Å². The number of aliphatic carboxylic acids is 1. The van der Waals surface area contributed by atoms with Crippen molar-refractivity contribution in [2.45, 2.75) is 26.9 Å². The zero-order chi connectivity index (χ0) is 22.5. The Labute approximate surface area is 184 Å². The first-order valence-corrected chi connectivity index (χ1v) is 9.80. The van der Waals surface area contributed by atoms with Crippen LogP contribution in [0.25, 0.3) is 0 Å². The van der Waals surface area contributed by atoms with Gasteiger partial charge < -0.3 is 19.4 Å². The van der Waals surface area contributed by atoms with Crippen LogP contribution in [0.1, 0.15) is 23.7 Å². The van der Waals surface area contributed by atoms with Crippen molar-refractivity contribution in [3.8, 4) is 23.1 Å². The maximum absolute atomic E-state index is 11.3. The van der Waals surface area contributed by atoms with Crippen LogP contribution >= 0.6 is 11.6 Å². The number of carbonyl (C=O) groups is 1. The monoisotopic (exact) mass is 443 g/mol. The Morgan fingerprint density at radius 2 is 1.94 bits per heavy atom. The minimum Gasteiger partial charge on any atom is -0.479 e. The standard InChI is InChI=1S/C22H22ClN3O5/c1-13-14(2)25-26(4)21(13)30-20-11-19(29-15(3)22(27)28)16(10-18(20)23)12-24-31-17-8-6-5-7-9-17/h5-12,15H,1-4H3,(H,27,28)/t15-/m0/s1. The quantitative estimate of drug-likeness (QED) is 0.399. The molecule has 0 saturated carbocycles. The van der Waals surface area contributed by atoms with Gasteiger partial charge in [0.2, 0.25) is 5.88 Å². The maximum atomic E-state index is 11.3. The highest BCUT2D eigenvalue weighted by Gasteiger charge is 2.19. The number of carboxylic acids is 1. The van der Waals surface area contributed by atoms with Crippen molar-refractivity contribution in [3.05, 3.63) is 64.3 Å². The molecule has 1 heterocycles. The van der Waals surface area contributed by atoms with Crippen LogP contribution in [0, 0.1) is 13.8 Å². The van der Waals surface area contributed by atoms with E-state index in [0.717, 1.165) is 11.3 Å². The van der Waals surface area contributed by atoms with Gasteiger partial charge in [0, 0.05) is 24.2 Å². The van der Waals surface area contributed by atoms with Crippen molar-refractivity contribution in [3.63, 3.8) is 0 Å². The number of hydrogen-bond donors (Lipinski definition) is 1. The Balaban J connectivity index is 1.94. The van der Waals surface area contributed by atoms with Gasteiger partial charge in [-0.3, -0.25) is 0 Å². The molecule has 31 heavy (non-hydrogen) atoms. The van der Waals surface area contributed by atoms with Crippen LogP contribution in [0.4, 0.5) is 0 Å². The zero-order valence-corrected chi connectivity index (χ0v) is 18.3. The highest BCUT2D eigenvalue weighted by atomic mass is 35.5. The van der Waals surface area contributed by atoms with Gasteiger partial charge in [-0.1, -0.05) is 35.0 Å². The second-order valence-corrected chi connectivity index (χ2v) is 7.21. The molecule has 2 aromatic carbocycles. The largest absolute Gasteiger partial charge is 0.479 e. The molecule has 1 aromatic heterocycles. The summed E-state index contributed by atoms with van der Waals surface area (Å²) in [6, 6.07) is 12.1. The summed E-state index contributed by atoms with van der Waals surface area (Å²) in [5.41, 5.74) is 2.12. The van der Waals surface area contributed by atoms with E-state index in [4.69, 9.17) is 25.9 Å². The number of nitrogens with zero attached hydrogens (tertiary/aromatic N) is 3. The lowest BCUT2D eigenvalue weighted by atomic mass is 10.2. The number of rotatable bonds is 8. The SMILES string of the molecule is Cc1nn(C)c(Oc2cc(O[C@@H](C)C(=O)O)c(C=NOc3ccccc3)cc2Cl)c1C. The summed E-state index contributed by atoms with van der Waals surface area (Å²) in [6.45, 7) is 5.18. The highest BCUT2D eigenvalue weighted by Crippen LogP contribution is 2.37. The molecule has 0 radical (unpaired) electrons. The second kappa shape index (κ2) is 9.53. The first-order chi connectivity index (χ1) is 14.8. The Bertz CT molecular complexity index is 1110. The van der Waals surface area contributed by atoms with Gasteiger partial charge in [-0.2, -0.15) is 5.10 Å². The number of carboxylic acid groups (broad SMARTS) is 1. The summed E-state index contributed by atoms with van der Waals surface area (Å²) in [5.74, 6) is 0.477. The van der Waals surface area contributed by atoms with E-state index in [2.05, 4.69) is 10.3 Å². The number of oxime groups is 1. The summed E-state index contributed by atoms with van der Waals surface area (Å²) in [6.07, 6.45) is 0.295. The number of aromatic nitrogens is 2. The predicted octanol–water partition coefficient (Wildman–Crippen LogP) is 4.75. The number of hydrogen-bond acceptors (Lipinski definition) is 6. The number of aryl methyl sites for hydroxylation is 2. The molecule has 1 atom stereocenters. The van der Waals surface area contributed by atoms with Gasteiger partial charge in [-0.05, 0) is 39.0 Å². The van der Waals surface area contributed by atoms with Crippen LogP contribution < -0.4 is 14.3 Å². The summed E-state index contributed by atoms with van der Waals surface area (Å²) in [4.78, 5) is 16.6. The predicted molar refractivity (Wildman–Crippen MR) is 117 cm³/mol. The van der Waals surface area contributed by atoms with Gasteiger partial charge in [-0.25, -0.2) is 9.48 Å². The summed E-state index contributed by atoms with van der Waals surface area (Å²) < 4.78 is 13.2. The van der Waals surface area contributed by atoms with E-state index in [-0.39, 0.29) is 10.8 Å². The number of para-hydroxylation sites is 1. The Kier molecular flexibility index (Phi) is 6.81. The molecule has 0 saturated heterocycles. The molecule has 0 aliphatic carbocycles. The van der Waals surface area contributed by atoms with Crippen molar-refractivity contribution in [1.82, 2.24) is 9.78 Å². The van der Waals surface area contributed by atoms with Gasteiger partial charge in [0.05, 0.1) is 16.9 Å². The third kappa shape index (κ3) is 5.35. The highest BCUT2D eigenvalue weighted by molar-refractivity contribution is 6.32. The average molecular weight is 444 g/mol. The molecule has 1 N–H and O–H groups in total. The van der Waals surface area contributed by atoms with Crippen LogP contribution in [0.3, 0.4) is 0 Å². The van der Waals surface area contributed by atoms with Gasteiger partial charge in [0.25, 0.3) is 0 Å². The van der Waals surface area contributed by atoms with Crippen molar-refractivity contribution >= 4 is 23.8 Å². The number of benzene rings is 2. The molecule has 0 aliphatic heterocycles. The molecule has 162 valence electrons. The second-order valence-electron chi connectivity index (χ2n) is 6.80. The molecule has 0 spiro atoms. The average Bonchev–Trinajstić information content (AvgIpc) is 2.97. The van der Waals surface area contributed by atoms with Crippen LogP contribution in [-0.2, 0) is 11.8 Å². The molecular formula is C22H22ClN3O5. The normalized spacial score (nSPS) is 12.0. The van der Waals surface area contributed by atoms with Crippen molar-refractivity contribution in [1.29, 1.82) is 0 Å². The Morgan fingerprint density at radius 1 is 1.23 bits per heavy atom. The van der Waals surface area contributed by atoms with Gasteiger partial charge in [-0.15, -0.1) is 0 Å². The molecule has 0 bridgehead atoms. The van der Waals surface area contributed by atoms with E-state index < -0.39 is 12.1 Å². The molecule has 0 aliphatic rings. The fraction of sp³-hybridized carbons (Fsp3) is 0.227. The maximum Gasteiger partial charge on any atom is 0.344 e. The molecule has 3 rings (SSSR count). The molecule has 0 amide bonds. The van der Waals surface area contributed by atoms with Crippen molar-refractivity contribution < 1.29 is 24.2 Å². The fourth-order valence-corrected chi connectivity index (χ4v) is 2.90. The third-order valence-electron chi connectivity index (χ3n) is 4.47. The number of ether oxygens (including phenoxy) is 2. The smallest absolute Gasteiger partial charge is 0.344 e. The van der Waals surface area contributed by atoms with E-state index in [1.807, 2.05) is 32.0 Å². The molecule has 3 aromatic rings. The minimum atomic E-state index is -1.11. The minimum absolute atomic E-state index is 0.228. The fourth-order valence-electron chi connectivity index (χ4n) is 2.69. The lowest BCUT2D eigenvalue weighted by Gasteiger charge is -2.16. The molecule has 0 fully saturated rings. The van der Waals surface area contributed by atoms with Crippen LogP contribution in [0.2, 0.25) is 5.02 Å². The first-order valence-electron chi connectivity index (χ1n) is 9.42. The molecule has 9 heteroatoms. The van der Waals surface area contributed by atoms with Crippen LogP contribution in [-0.4, -0.2) is 33.2 Å². The molecular weight excluding hydrogens is 422 g/mol. The summed E-state index contributed by atoms with van der Waals surface area (Å²) >= 11 is 6.43. The van der Waals surface area contributed by atoms with E-state index in [1.165, 1.54) is 19.2 Å². The Morgan fingerprint density at radius 3 is 2.55 bits per heavy atom. The van der Waals surface area contributed by atoms with E-state index in [1.54, 1.807) is 29.9 Å². The van der Waals surface area contributed by atoms with Crippen LogP contribution in [0.5, 0.6) is 23.1 Å². The topological polar surface area (TPSA) is 95.2 Å². The van der Waals surface area contributed by atoms with Gasteiger partial charge in [0.1, 0.15) is 5.75 Å². The summed E-state index contributed by atoms with van der Waals surface area (Å²) in [5, 5.41) is 17.8. The Hall–Kier alpha value is -3.52. The lowest BCUT2D eigenvalue weighted by molar-refractivity contribution is -0.144. The summed E-state index contributed by atoms with van der Waals surface area (Å²) in [7, 11) is 1.76. The zero-order valence-electron chi connectivity index (χ0n) is 17.5. The van der Waals surface area contributed by atoms with Crippen molar-refractivity contribution in [2.24, 2.45) is 12.2 Å². The number of halogens is 1. The molecule has 8 nitrogen and oxygen atoms in total. The lowest BCUT2D eigenvalue weighted by Crippen LogP contribution is -2.23. The third-order valence-corrected chi connectivity index (χ3v) is 4.77. The first kappa shape index (κ1) is 22.2. The van der Waals surface area contributed by atoms with Gasteiger partial charge >= 0.3 is 5.97 Å².